The first-order chi connectivity index (χ1) is 9.29. The van der Waals surface area contributed by atoms with Gasteiger partial charge in [0.15, 0.2) is 0 Å². The van der Waals surface area contributed by atoms with E-state index in [-0.39, 0.29) is 0 Å². The molecule has 1 saturated heterocycles. The summed E-state index contributed by atoms with van der Waals surface area (Å²) in [5.41, 5.74) is 1.39. The van der Waals surface area contributed by atoms with E-state index in [2.05, 4.69) is 29.4 Å². The molecule has 1 heterocycles. The van der Waals surface area contributed by atoms with Crippen molar-refractivity contribution in [1.29, 1.82) is 0 Å². The number of nitrogens with one attached hydrogen (secondary N) is 1. The van der Waals surface area contributed by atoms with Crippen molar-refractivity contribution in [3.63, 3.8) is 0 Å². The van der Waals surface area contributed by atoms with Crippen molar-refractivity contribution in [2.75, 3.05) is 33.8 Å². The van der Waals surface area contributed by atoms with Crippen LogP contribution in [0.5, 0.6) is 5.75 Å². The summed E-state index contributed by atoms with van der Waals surface area (Å²) in [5.74, 6) is 0.937. The van der Waals surface area contributed by atoms with Crippen LogP contribution in [0.15, 0.2) is 24.3 Å². The van der Waals surface area contributed by atoms with Crippen molar-refractivity contribution in [2.45, 2.75) is 31.7 Å². The predicted molar refractivity (Wildman–Crippen MR) is 79.8 cm³/mol. The molecule has 3 nitrogen and oxygen atoms in total. The Morgan fingerprint density at radius 2 is 2.00 bits per heavy atom. The third-order valence-corrected chi connectivity index (χ3v) is 4.08. The fourth-order valence-corrected chi connectivity index (χ4v) is 2.72. The van der Waals surface area contributed by atoms with Crippen LogP contribution in [0.2, 0.25) is 0 Å². The van der Waals surface area contributed by atoms with Gasteiger partial charge in [-0.3, -0.25) is 0 Å². The number of hydrogen-bond donors (Lipinski definition) is 1. The number of ether oxygens (including phenoxy) is 1. The zero-order valence-electron chi connectivity index (χ0n) is 12.2. The molecule has 0 spiro atoms. The molecule has 0 radical (unpaired) electrons. The minimum Gasteiger partial charge on any atom is -0.497 e. The second-order valence-corrected chi connectivity index (χ2v) is 5.41. The van der Waals surface area contributed by atoms with Gasteiger partial charge in [-0.2, -0.15) is 0 Å². The lowest BCUT2D eigenvalue weighted by atomic mass is 10.1. The predicted octanol–water partition coefficient (Wildman–Crippen LogP) is 2.31. The molecule has 1 aromatic carbocycles. The minimum absolute atomic E-state index is 0.744. The molecule has 0 aliphatic carbocycles. The Morgan fingerprint density at radius 1 is 1.21 bits per heavy atom. The summed E-state index contributed by atoms with van der Waals surface area (Å²) in [6.45, 7) is 3.48. The van der Waals surface area contributed by atoms with Gasteiger partial charge in [0, 0.05) is 12.6 Å². The summed E-state index contributed by atoms with van der Waals surface area (Å²) in [7, 11) is 3.97. The lowest BCUT2D eigenvalue weighted by Gasteiger charge is -2.26. The third kappa shape index (κ3) is 4.51. The van der Waals surface area contributed by atoms with Gasteiger partial charge in [0.1, 0.15) is 5.75 Å². The number of methoxy groups -OCH3 is 1. The summed E-state index contributed by atoms with van der Waals surface area (Å²) in [5, 5.41) is 3.48. The second-order valence-electron chi connectivity index (χ2n) is 5.41. The minimum atomic E-state index is 0.744. The Morgan fingerprint density at radius 3 is 2.74 bits per heavy atom. The Bertz CT molecular complexity index is 356. The van der Waals surface area contributed by atoms with Crippen LogP contribution in [0.1, 0.15) is 24.8 Å². The van der Waals surface area contributed by atoms with E-state index in [1.807, 2.05) is 12.1 Å². The molecule has 1 fully saturated rings. The van der Waals surface area contributed by atoms with Crippen molar-refractivity contribution in [3.8, 4) is 5.75 Å². The van der Waals surface area contributed by atoms with Crippen LogP contribution < -0.4 is 10.1 Å². The molecule has 1 aromatic rings. The molecule has 1 unspecified atom stereocenters. The molecule has 2 rings (SSSR count). The number of rotatable bonds is 5. The van der Waals surface area contributed by atoms with Gasteiger partial charge in [-0.15, -0.1) is 0 Å². The summed E-state index contributed by atoms with van der Waals surface area (Å²) in [6.07, 6.45) is 5.02. The maximum atomic E-state index is 5.19. The fraction of sp³-hybridized carbons (Fsp3) is 0.625. The summed E-state index contributed by atoms with van der Waals surface area (Å²) in [6, 6.07) is 9.17. The van der Waals surface area contributed by atoms with Crippen LogP contribution in [-0.2, 0) is 6.42 Å². The Kier molecular flexibility index (Phi) is 5.67. The molecular weight excluding hydrogens is 236 g/mol. The first-order valence-corrected chi connectivity index (χ1v) is 7.33. The van der Waals surface area contributed by atoms with Crippen molar-refractivity contribution < 1.29 is 4.74 Å². The van der Waals surface area contributed by atoms with Gasteiger partial charge in [-0.05, 0) is 63.5 Å². The maximum absolute atomic E-state index is 5.19. The zero-order valence-corrected chi connectivity index (χ0v) is 12.2. The molecular formula is C16H26N2O. The first kappa shape index (κ1) is 14.4. The molecule has 1 aliphatic rings. The summed E-state index contributed by atoms with van der Waals surface area (Å²) >= 11 is 0. The van der Waals surface area contributed by atoms with Gasteiger partial charge in [-0.25, -0.2) is 0 Å². The zero-order chi connectivity index (χ0) is 13.5. The molecule has 3 heteroatoms. The normalized spacial score (nSPS) is 20.3. The van der Waals surface area contributed by atoms with E-state index in [9.17, 15) is 0 Å². The smallest absolute Gasteiger partial charge is 0.118 e. The molecule has 0 amide bonds. The van der Waals surface area contributed by atoms with Crippen molar-refractivity contribution in [2.24, 2.45) is 0 Å². The number of nitrogens with zero attached hydrogens (tertiary/aromatic N) is 1. The van der Waals surface area contributed by atoms with Crippen LogP contribution in [0.25, 0.3) is 0 Å². The SMILES string of the molecule is COc1ccc(CCN(C)C2CCCNCC2)cc1. The lowest BCUT2D eigenvalue weighted by molar-refractivity contribution is 0.227. The fourth-order valence-electron chi connectivity index (χ4n) is 2.72. The molecule has 106 valence electrons. The first-order valence-electron chi connectivity index (χ1n) is 7.33. The van der Waals surface area contributed by atoms with Gasteiger partial charge < -0.3 is 15.0 Å². The number of benzene rings is 1. The van der Waals surface area contributed by atoms with Crippen LogP contribution in [-0.4, -0.2) is 44.7 Å². The molecule has 1 N–H and O–H groups in total. The van der Waals surface area contributed by atoms with E-state index in [4.69, 9.17) is 4.74 Å². The standard InChI is InChI=1S/C16H26N2O/c1-18(15-4-3-11-17-12-9-15)13-10-14-5-7-16(19-2)8-6-14/h5-8,15,17H,3-4,9-13H2,1-2H3. The van der Waals surface area contributed by atoms with Crippen molar-refractivity contribution in [3.05, 3.63) is 29.8 Å². The highest BCUT2D eigenvalue weighted by atomic mass is 16.5. The van der Waals surface area contributed by atoms with E-state index in [1.165, 1.54) is 31.4 Å². The maximum Gasteiger partial charge on any atom is 0.118 e. The molecule has 0 aromatic heterocycles. The van der Waals surface area contributed by atoms with E-state index >= 15 is 0 Å². The van der Waals surface area contributed by atoms with Gasteiger partial charge in [0.05, 0.1) is 7.11 Å². The van der Waals surface area contributed by atoms with Crippen molar-refractivity contribution >= 4 is 0 Å². The van der Waals surface area contributed by atoms with E-state index in [1.54, 1.807) is 7.11 Å². The van der Waals surface area contributed by atoms with E-state index in [0.29, 0.717) is 0 Å². The Hall–Kier alpha value is -1.06. The average Bonchev–Trinajstić information content (AvgIpc) is 2.74. The van der Waals surface area contributed by atoms with Crippen molar-refractivity contribution in [1.82, 2.24) is 10.2 Å². The summed E-state index contributed by atoms with van der Waals surface area (Å²) < 4.78 is 5.19. The molecule has 0 saturated carbocycles. The van der Waals surface area contributed by atoms with Gasteiger partial charge in [0.2, 0.25) is 0 Å². The van der Waals surface area contributed by atoms with Crippen LogP contribution >= 0.6 is 0 Å². The molecule has 19 heavy (non-hydrogen) atoms. The van der Waals surface area contributed by atoms with Crippen LogP contribution in [0.4, 0.5) is 0 Å². The highest BCUT2D eigenvalue weighted by Gasteiger charge is 2.16. The van der Waals surface area contributed by atoms with Gasteiger partial charge in [-0.1, -0.05) is 12.1 Å². The Balaban J connectivity index is 1.79. The van der Waals surface area contributed by atoms with E-state index in [0.717, 1.165) is 31.3 Å². The molecule has 0 bridgehead atoms. The van der Waals surface area contributed by atoms with E-state index < -0.39 is 0 Å². The highest BCUT2D eigenvalue weighted by Crippen LogP contribution is 2.14. The largest absolute Gasteiger partial charge is 0.497 e. The van der Waals surface area contributed by atoms with Gasteiger partial charge in [0.25, 0.3) is 0 Å². The van der Waals surface area contributed by atoms with Crippen LogP contribution in [0, 0.1) is 0 Å². The number of likely N-dealkylation sites (N-methyl/N-ethyl adjacent to an activating group) is 1. The topological polar surface area (TPSA) is 24.5 Å². The molecule has 1 atom stereocenters. The lowest BCUT2D eigenvalue weighted by Crippen LogP contribution is -2.34. The average molecular weight is 262 g/mol. The second kappa shape index (κ2) is 7.51. The Labute approximate surface area is 116 Å². The quantitative estimate of drug-likeness (QED) is 0.881. The number of hydrogen-bond acceptors (Lipinski definition) is 3. The molecule has 1 aliphatic heterocycles. The summed E-state index contributed by atoms with van der Waals surface area (Å²) in [4.78, 5) is 2.53. The highest BCUT2D eigenvalue weighted by molar-refractivity contribution is 5.27. The van der Waals surface area contributed by atoms with Gasteiger partial charge >= 0.3 is 0 Å². The third-order valence-electron chi connectivity index (χ3n) is 4.08. The van der Waals surface area contributed by atoms with Crippen LogP contribution in [0.3, 0.4) is 0 Å². The monoisotopic (exact) mass is 262 g/mol.